The van der Waals surface area contributed by atoms with E-state index in [0.717, 1.165) is 0 Å². The highest BCUT2D eigenvalue weighted by molar-refractivity contribution is 6.33. The maximum atomic E-state index is 11.7. The summed E-state index contributed by atoms with van der Waals surface area (Å²) >= 11 is 5.97. The molecular weight excluding hydrogens is 280 g/mol. The van der Waals surface area contributed by atoms with Crippen molar-refractivity contribution < 1.29 is 9.53 Å². The van der Waals surface area contributed by atoms with Crippen molar-refractivity contribution in [2.75, 3.05) is 31.3 Å². The predicted molar refractivity (Wildman–Crippen MR) is 78.1 cm³/mol. The Morgan fingerprint density at radius 1 is 1.60 bits per heavy atom. The highest BCUT2D eigenvalue weighted by Crippen LogP contribution is 2.24. The number of methoxy groups -OCH3 is 1. The molecule has 1 aromatic rings. The van der Waals surface area contributed by atoms with Crippen LogP contribution in [0.4, 0.5) is 11.4 Å². The molecule has 0 fully saturated rings. The first-order valence-electron chi connectivity index (χ1n) is 5.77. The number of hydrogen-bond acceptors (Lipinski definition) is 5. The van der Waals surface area contributed by atoms with Crippen LogP contribution in [0.15, 0.2) is 30.0 Å². The fourth-order valence-electron chi connectivity index (χ4n) is 1.31. The number of carbonyl (C=O) groups is 1. The van der Waals surface area contributed by atoms with Gasteiger partial charge in [-0.25, -0.2) is 0 Å². The number of rotatable bonds is 6. The van der Waals surface area contributed by atoms with Gasteiger partial charge >= 0.3 is 0 Å². The Morgan fingerprint density at radius 2 is 2.35 bits per heavy atom. The van der Waals surface area contributed by atoms with E-state index in [9.17, 15) is 4.79 Å². The molecule has 6 nitrogen and oxygen atoms in total. The number of nitrogen functional groups attached to an aromatic ring is 1. The van der Waals surface area contributed by atoms with E-state index in [0.29, 0.717) is 29.5 Å². The van der Waals surface area contributed by atoms with E-state index in [-0.39, 0.29) is 5.57 Å². The first-order valence-corrected chi connectivity index (χ1v) is 6.15. The second-order valence-corrected chi connectivity index (χ2v) is 4.21. The van der Waals surface area contributed by atoms with Gasteiger partial charge in [0.2, 0.25) is 0 Å². The molecule has 0 radical (unpaired) electrons. The molecule has 1 rings (SSSR count). The highest BCUT2D eigenvalue weighted by Gasteiger charge is 2.08. The molecule has 0 saturated heterocycles. The molecule has 0 bridgehead atoms. The van der Waals surface area contributed by atoms with Crippen molar-refractivity contribution in [2.24, 2.45) is 0 Å². The SMILES string of the molecule is COCCNC(=O)/C(C#N)=C\Nc1ccc(N)cc1Cl. The van der Waals surface area contributed by atoms with E-state index in [4.69, 9.17) is 27.3 Å². The van der Waals surface area contributed by atoms with Crippen LogP contribution < -0.4 is 16.4 Å². The molecule has 4 N–H and O–H groups in total. The van der Waals surface area contributed by atoms with Gasteiger partial charge in [0.15, 0.2) is 0 Å². The standard InChI is InChI=1S/C13H15ClN4O2/c1-20-5-4-17-13(19)9(7-15)8-18-12-3-2-10(16)6-11(12)14/h2-3,6,8,18H,4-5,16H2,1H3,(H,17,19)/b9-8-. The third-order valence-electron chi connectivity index (χ3n) is 2.32. The van der Waals surface area contributed by atoms with Crippen LogP contribution in [-0.4, -0.2) is 26.2 Å². The van der Waals surface area contributed by atoms with Crippen LogP contribution in [0.1, 0.15) is 0 Å². The molecular formula is C13H15ClN4O2. The maximum Gasteiger partial charge on any atom is 0.263 e. The lowest BCUT2D eigenvalue weighted by atomic mass is 10.2. The minimum absolute atomic E-state index is 0.0611. The van der Waals surface area contributed by atoms with Gasteiger partial charge in [-0.2, -0.15) is 5.26 Å². The molecule has 0 spiro atoms. The maximum absolute atomic E-state index is 11.7. The van der Waals surface area contributed by atoms with E-state index < -0.39 is 5.91 Å². The summed E-state index contributed by atoms with van der Waals surface area (Å²) in [6.45, 7) is 0.707. The highest BCUT2D eigenvalue weighted by atomic mass is 35.5. The number of amides is 1. The van der Waals surface area contributed by atoms with Crippen LogP contribution >= 0.6 is 11.6 Å². The number of nitrogens with zero attached hydrogens (tertiary/aromatic N) is 1. The topological polar surface area (TPSA) is 100 Å². The Hall–Kier alpha value is -2.23. The van der Waals surface area contributed by atoms with Gasteiger partial charge in [0.05, 0.1) is 17.3 Å². The first kappa shape index (κ1) is 15.8. The number of benzene rings is 1. The molecule has 0 aliphatic carbocycles. The molecule has 1 aromatic carbocycles. The first-order chi connectivity index (χ1) is 9.58. The molecule has 1 amide bonds. The van der Waals surface area contributed by atoms with Crippen molar-refractivity contribution >= 4 is 28.9 Å². The van der Waals surface area contributed by atoms with Crippen LogP contribution in [0, 0.1) is 11.3 Å². The smallest absolute Gasteiger partial charge is 0.263 e. The summed E-state index contributed by atoms with van der Waals surface area (Å²) < 4.78 is 4.80. The van der Waals surface area contributed by atoms with Crippen molar-refractivity contribution in [3.63, 3.8) is 0 Å². The third kappa shape index (κ3) is 4.80. The number of nitriles is 1. The summed E-state index contributed by atoms with van der Waals surface area (Å²) in [4.78, 5) is 11.7. The second kappa shape index (κ2) is 8.04. The Kier molecular flexibility index (Phi) is 6.37. The van der Waals surface area contributed by atoms with Crippen LogP contribution in [0.3, 0.4) is 0 Å². The average molecular weight is 295 g/mol. The number of anilines is 2. The minimum Gasteiger partial charge on any atom is -0.399 e. The van der Waals surface area contributed by atoms with Gasteiger partial charge in [0.25, 0.3) is 5.91 Å². The summed E-state index contributed by atoms with van der Waals surface area (Å²) in [5.41, 5.74) is 6.59. The fraction of sp³-hybridized carbons (Fsp3) is 0.231. The van der Waals surface area contributed by atoms with Gasteiger partial charge in [0, 0.05) is 25.5 Å². The Labute approximate surface area is 122 Å². The molecule has 0 atom stereocenters. The minimum atomic E-state index is -0.483. The Morgan fingerprint density at radius 3 is 2.95 bits per heavy atom. The van der Waals surface area contributed by atoms with E-state index >= 15 is 0 Å². The van der Waals surface area contributed by atoms with E-state index in [1.54, 1.807) is 18.2 Å². The summed E-state index contributed by atoms with van der Waals surface area (Å²) in [5.74, 6) is -0.483. The number of nitrogens with two attached hydrogens (primary N) is 1. The van der Waals surface area contributed by atoms with E-state index in [1.165, 1.54) is 13.3 Å². The number of halogens is 1. The zero-order valence-electron chi connectivity index (χ0n) is 10.9. The molecule has 0 unspecified atom stereocenters. The Balaban J connectivity index is 2.70. The van der Waals surface area contributed by atoms with Crippen molar-refractivity contribution in [3.05, 3.63) is 35.0 Å². The molecule has 0 aliphatic heterocycles. The van der Waals surface area contributed by atoms with Gasteiger partial charge in [-0.15, -0.1) is 0 Å². The summed E-state index contributed by atoms with van der Waals surface area (Å²) in [6, 6.07) is 6.70. The number of ether oxygens (including phenoxy) is 1. The lowest BCUT2D eigenvalue weighted by Crippen LogP contribution is -2.28. The van der Waals surface area contributed by atoms with Crippen molar-refractivity contribution in [1.82, 2.24) is 5.32 Å². The molecule has 7 heteroatoms. The molecule has 106 valence electrons. The van der Waals surface area contributed by atoms with Crippen molar-refractivity contribution in [2.45, 2.75) is 0 Å². The third-order valence-corrected chi connectivity index (χ3v) is 2.63. The number of carbonyl (C=O) groups excluding carboxylic acids is 1. The summed E-state index contributed by atoms with van der Waals surface area (Å²) in [7, 11) is 1.53. The predicted octanol–water partition coefficient (Wildman–Crippen LogP) is 1.50. The Bertz CT molecular complexity index is 552. The van der Waals surface area contributed by atoms with Gasteiger partial charge in [-0.05, 0) is 18.2 Å². The molecule has 0 aliphatic rings. The number of nitrogens with one attached hydrogen (secondary N) is 2. The second-order valence-electron chi connectivity index (χ2n) is 3.80. The fourth-order valence-corrected chi connectivity index (χ4v) is 1.55. The molecule has 20 heavy (non-hydrogen) atoms. The molecule has 0 heterocycles. The zero-order chi connectivity index (χ0) is 15.0. The molecule has 0 aromatic heterocycles. The van der Waals surface area contributed by atoms with E-state index in [1.807, 2.05) is 6.07 Å². The van der Waals surface area contributed by atoms with Crippen molar-refractivity contribution in [1.29, 1.82) is 5.26 Å². The van der Waals surface area contributed by atoms with Gasteiger partial charge in [-0.3, -0.25) is 4.79 Å². The lowest BCUT2D eigenvalue weighted by Gasteiger charge is -2.06. The molecule has 0 saturated carbocycles. The quantitative estimate of drug-likeness (QED) is 0.319. The average Bonchev–Trinajstić information content (AvgIpc) is 2.42. The van der Waals surface area contributed by atoms with Gasteiger partial charge < -0.3 is 21.1 Å². The van der Waals surface area contributed by atoms with Crippen molar-refractivity contribution in [3.8, 4) is 6.07 Å². The van der Waals surface area contributed by atoms with Crippen LogP contribution in [0.25, 0.3) is 0 Å². The van der Waals surface area contributed by atoms with E-state index in [2.05, 4.69) is 10.6 Å². The van der Waals surface area contributed by atoms with Crippen LogP contribution in [-0.2, 0) is 9.53 Å². The van der Waals surface area contributed by atoms with Crippen LogP contribution in [0.2, 0.25) is 5.02 Å². The largest absolute Gasteiger partial charge is 0.399 e. The summed E-state index contributed by atoms with van der Waals surface area (Å²) in [6.07, 6.45) is 1.29. The number of hydrogen-bond donors (Lipinski definition) is 3. The lowest BCUT2D eigenvalue weighted by molar-refractivity contribution is -0.117. The van der Waals surface area contributed by atoms with Crippen LogP contribution in [0.5, 0.6) is 0 Å². The monoisotopic (exact) mass is 294 g/mol. The summed E-state index contributed by atoms with van der Waals surface area (Å²) in [5, 5.41) is 14.7. The van der Waals surface area contributed by atoms with Gasteiger partial charge in [0.1, 0.15) is 11.6 Å². The normalized spacial score (nSPS) is 10.8. The van der Waals surface area contributed by atoms with Gasteiger partial charge in [-0.1, -0.05) is 11.6 Å². The zero-order valence-corrected chi connectivity index (χ0v) is 11.7.